The lowest BCUT2D eigenvalue weighted by molar-refractivity contribution is -0.0207. The van der Waals surface area contributed by atoms with Gasteiger partial charge < -0.3 is 5.11 Å². The van der Waals surface area contributed by atoms with Crippen molar-refractivity contribution in [1.29, 1.82) is 0 Å². The molecule has 3 aromatic rings. The second kappa shape index (κ2) is 7.75. The first-order chi connectivity index (χ1) is 13.9. The molecular formula is C24H25NO3S. The van der Waals surface area contributed by atoms with Crippen molar-refractivity contribution in [3.8, 4) is 0 Å². The molecule has 1 heterocycles. The summed E-state index contributed by atoms with van der Waals surface area (Å²) in [5, 5.41) is 11.6. The fourth-order valence-electron chi connectivity index (χ4n) is 4.09. The minimum absolute atomic E-state index is 0.0383. The Labute approximate surface area is 172 Å². The van der Waals surface area contributed by atoms with Gasteiger partial charge in [-0.25, -0.2) is 8.42 Å². The Bertz CT molecular complexity index is 1070. The molecular weight excluding hydrogens is 382 g/mol. The first kappa shape index (κ1) is 19.8. The zero-order valence-corrected chi connectivity index (χ0v) is 17.2. The van der Waals surface area contributed by atoms with Crippen LogP contribution in [-0.2, 0) is 15.6 Å². The molecule has 1 fully saturated rings. The second-order valence-corrected chi connectivity index (χ2v) is 9.76. The largest absolute Gasteiger partial charge is 0.384 e. The van der Waals surface area contributed by atoms with E-state index in [1.807, 2.05) is 67.6 Å². The number of rotatable bonds is 4. The number of piperidine rings is 1. The molecule has 0 bridgehead atoms. The first-order valence-corrected chi connectivity index (χ1v) is 11.2. The number of hydrogen-bond acceptors (Lipinski definition) is 3. The van der Waals surface area contributed by atoms with Crippen molar-refractivity contribution in [2.75, 3.05) is 13.1 Å². The van der Waals surface area contributed by atoms with Gasteiger partial charge in [-0.1, -0.05) is 78.4 Å². The van der Waals surface area contributed by atoms with Gasteiger partial charge in [0.1, 0.15) is 5.60 Å². The van der Waals surface area contributed by atoms with Gasteiger partial charge in [-0.15, -0.1) is 0 Å². The molecule has 4 nitrogen and oxygen atoms in total. The van der Waals surface area contributed by atoms with E-state index in [4.69, 9.17) is 0 Å². The van der Waals surface area contributed by atoms with E-state index in [2.05, 4.69) is 0 Å². The van der Waals surface area contributed by atoms with Crippen LogP contribution in [-0.4, -0.2) is 30.9 Å². The fraction of sp³-hybridized carbons (Fsp3) is 0.250. The van der Waals surface area contributed by atoms with Crippen molar-refractivity contribution < 1.29 is 13.5 Å². The predicted molar refractivity (Wildman–Crippen MR) is 114 cm³/mol. The molecule has 0 aliphatic carbocycles. The van der Waals surface area contributed by atoms with E-state index in [0.717, 1.165) is 16.7 Å². The standard InChI is InChI=1S/C24H25NO3S/c1-19-12-14-23(15-13-19)29(27,28)25-17-21(20-8-4-2-5-9-20)16-24(26,18-25)22-10-6-3-7-11-22/h2-15,21,26H,16-18H2,1H3. The van der Waals surface area contributed by atoms with Gasteiger partial charge in [0, 0.05) is 19.0 Å². The molecule has 0 radical (unpaired) electrons. The lowest BCUT2D eigenvalue weighted by Crippen LogP contribution is -2.51. The average molecular weight is 408 g/mol. The van der Waals surface area contributed by atoms with Gasteiger partial charge in [0.15, 0.2) is 0 Å². The van der Waals surface area contributed by atoms with Crippen molar-refractivity contribution in [3.63, 3.8) is 0 Å². The number of sulfonamides is 1. The molecule has 2 atom stereocenters. The molecule has 1 aliphatic rings. The predicted octanol–water partition coefficient (Wildman–Crippen LogP) is 4.06. The van der Waals surface area contributed by atoms with Gasteiger partial charge in [0.05, 0.1) is 4.90 Å². The van der Waals surface area contributed by atoms with E-state index in [1.165, 1.54) is 4.31 Å². The summed E-state index contributed by atoms with van der Waals surface area (Å²) in [6, 6.07) is 26.1. The van der Waals surface area contributed by atoms with Gasteiger partial charge in [-0.05, 0) is 36.6 Å². The maximum Gasteiger partial charge on any atom is 0.243 e. The highest BCUT2D eigenvalue weighted by Gasteiger charge is 2.44. The van der Waals surface area contributed by atoms with Gasteiger partial charge in [0.2, 0.25) is 10.0 Å². The van der Waals surface area contributed by atoms with Crippen LogP contribution in [0.2, 0.25) is 0 Å². The van der Waals surface area contributed by atoms with E-state index in [0.29, 0.717) is 13.0 Å². The summed E-state index contributed by atoms with van der Waals surface area (Å²) < 4.78 is 28.3. The van der Waals surface area contributed by atoms with Crippen LogP contribution >= 0.6 is 0 Å². The minimum Gasteiger partial charge on any atom is -0.384 e. The third-order valence-corrected chi connectivity index (χ3v) is 7.51. The van der Waals surface area contributed by atoms with Gasteiger partial charge in [-0.3, -0.25) is 0 Å². The van der Waals surface area contributed by atoms with E-state index < -0.39 is 15.6 Å². The summed E-state index contributed by atoms with van der Waals surface area (Å²) in [4.78, 5) is 0.257. The van der Waals surface area contributed by atoms with Crippen molar-refractivity contribution in [2.45, 2.75) is 29.8 Å². The molecule has 1 N–H and O–H groups in total. The average Bonchev–Trinajstić information content (AvgIpc) is 2.75. The first-order valence-electron chi connectivity index (χ1n) is 9.78. The number of aryl methyl sites for hydroxylation is 1. The zero-order chi connectivity index (χ0) is 20.5. The number of nitrogens with zero attached hydrogens (tertiary/aromatic N) is 1. The lowest BCUT2D eigenvalue weighted by atomic mass is 9.79. The Morgan fingerprint density at radius 2 is 1.48 bits per heavy atom. The van der Waals surface area contributed by atoms with E-state index >= 15 is 0 Å². The smallest absolute Gasteiger partial charge is 0.243 e. The summed E-state index contributed by atoms with van der Waals surface area (Å²) in [5.41, 5.74) is 1.53. The van der Waals surface area contributed by atoms with Crippen molar-refractivity contribution in [2.24, 2.45) is 0 Å². The summed E-state index contributed by atoms with van der Waals surface area (Å²) in [6.45, 7) is 2.31. The van der Waals surface area contributed by atoms with Crippen molar-refractivity contribution in [3.05, 3.63) is 102 Å². The monoisotopic (exact) mass is 407 g/mol. The molecule has 0 spiro atoms. The Hall–Kier alpha value is -2.47. The Morgan fingerprint density at radius 1 is 0.897 bits per heavy atom. The van der Waals surface area contributed by atoms with Crippen LogP contribution in [0.4, 0.5) is 0 Å². The zero-order valence-electron chi connectivity index (χ0n) is 16.4. The fourth-order valence-corrected chi connectivity index (χ4v) is 5.63. The highest BCUT2D eigenvalue weighted by atomic mass is 32.2. The molecule has 3 aromatic carbocycles. The molecule has 150 valence electrons. The highest BCUT2D eigenvalue weighted by Crippen LogP contribution is 2.40. The van der Waals surface area contributed by atoms with Crippen LogP contribution in [0.5, 0.6) is 0 Å². The van der Waals surface area contributed by atoms with E-state index in [1.54, 1.807) is 24.3 Å². The minimum atomic E-state index is -3.73. The van der Waals surface area contributed by atoms with Crippen LogP contribution in [0.15, 0.2) is 89.8 Å². The number of benzene rings is 3. The van der Waals surface area contributed by atoms with Crippen LogP contribution in [0, 0.1) is 6.92 Å². The molecule has 2 unspecified atom stereocenters. The second-order valence-electron chi connectivity index (χ2n) is 7.82. The molecule has 0 saturated carbocycles. The number of hydrogen-bond donors (Lipinski definition) is 1. The third-order valence-electron chi connectivity index (χ3n) is 5.69. The summed E-state index contributed by atoms with van der Waals surface area (Å²) in [5.74, 6) is -0.102. The van der Waals surface area contributed by atoms with Gasteiger partial charge in [-0.2, -0.15) is 4.31 Å². The Balaban J connectivity index is 1.76. The van der Waals surface area contributed by atoms with Crippen molar-refractivity contribution >= 4 is 10.0 Å². The highest BCUT2D eigenvalue weighted by molar-refractivity contribution is 7.89. The lowest BCUT2D eigenvalue weighted by Gasteiger charge is -2.43. The van der Waals surface area contributed by atoms with Gasteiger partial charge in [0.25, 0.3) is 0 Å². The van der Waals surface area contributed by atoms with Crippen LogP contribution in [0.1, 0.15) is 29.0 Å². The quantitative estimate of drug-likeness (QED) is 0.710. The Kier molecular flexibility index (Phi) is 5.30. The normalized spacial score (nSPS) is 23.0. The van der Waals surface area contributed by atoms with Crippen molar-refractivity contribution in [1.82, 2.24) is 4.31 Å². The third kappa shape index (κ3) is 3.99. The molecule has 1 aliphatic heterocycles. The molecule has 0 amide bonds. The van der Waals surface area contributed by atoms with Crippen LogP contribution < -0.4 is 0 Å². The van der Waals surface area contributed by atoms with Gasteiger partial charge >= 0.3 is 0 Å². The molecule has 29 heavy (non-hydrogen) atoms. The topological polar surface area (TPSA) is 57.6 Å². The molecule has 5 heteroatoms. The molecule has 1 saturated heterocycles. The maximum atomic E-state index is 13.4. The van der Waals surface area contributed by atoms with E-state index in [-0.39, 0.29) is 17.4 Å². The maximum absolute atomic E-state index is 13.4. The SMILES string of the molecule is Cc1ccc(S(=O)(=O)N2CC(c3ccccc3)CC(O)(c3ccccc3)C2)cc1. The number of aliphatic hydroxyl groups is 1. The molecule has 0 aromatic heterocycles. The summed E-state index contributed by atoms with van der Waals surface area (Å²) in [7, 11) is -3.73. The number of β-amino-alcohol motifs (C(OH)–C–C–N with tert-alkyl or cyclic N) is 1. The summed E-state index contributed by atoms with van der Waals surface area (Å²) in [6.07, 6.45) is 0.473. The van der Waals surface area contributed by atoms with Crippen LogP contribution in [0.3, 0.4) is 0 Å². The Morgan fingerprint density at radius 3 is 2.10 bits per heavy atom. The summed E-state index contributed by atoms with van der Waals surface area (Å²) >= 11 is 0. The molecule has 4 rings (SSSR count). The van der Waals surface area contributed by atoms with Crippen LogP contribution in [0.25, 0.3) is 0 Å². The van der Waals surface area contributed by atoms with E-state index in [9.17, 15) is 13.5 Å².